The van der Waals surface area contributed by atoms with Gasteiger partial charge in [-0.25, -0.2) is 4.98 Å². The standard InChI is InChI=1S/C20H16F3N3O3S/c21-20(22,23)15-7-5-13(6-8-15)12-1-3-14(4-2-12)17(28)25-16(11-27)18(29)26-19-24-9-10-30-19/h1-10,16,27H,11H2,(H,25,28)(H,24,26,29)/t16-/m0/s1. The summed E-state index contributed by atoms with van der Waals surface area (Å²) < 4.78 is 38.0. The lowest BCUT2D eigenvalue weighted by atomic mass is 10.0. The van der Waals surface area contributed by atoms with Crippen LogP contribution in [0.15, 0.2) is 60.1 Å². The normalized spacial score (nSPS) is 12.3. The van der Waals surface area contributed by atoms with Crippen LogP contribution in [0.4, 0.5) is 18.3 Å². The third kappa shape index (κ3) is 5.22. The molecule has 2 aromatic carbocycles. The Morgan fingerprint density at radius 1 is 1.03 bits per heavy atom. The zero-order valence-electron chi connectivity index (χ0n) is 15.3. The van der Waals surface area contributed by atoms with E-state index >= 15 is 0 Å². The second-order valence-electron chi connectivity index (χ2n) is 6.19. The van der Waals surface area contributed by atoms with Gasteiger partial charge in [0.15, 0.2) is 5.13 Å². The summed E-state index contributed by atoms with van der Waals surface area (Å²) >= 11 is 1.20. The van der Waals surface area contributed by atoms with E-state index in [0.717, 1.165) is 12.1 Å². The van der Waals surface area contributed by atoms with Crippen molar-refractivity contribution in [3.8, 4) is 11.1 Å². The Bertz CT molecular complexity index is 1000. The highest BCUT2D eigenvalue weighted by atomic mass is 32.1. The number of thiazole rings is 1. The van der Waals surface area contributed by atoms with Crippen molar-refractivity contribution in [2.75, 3.05) is 11.9 Å². The summed E-state index contributed by atoms with van der Waals surface area (Å²) in [5, 5.41) is 16.3. The Balaban J connectivity index is 1.66. The summed E-state index contributed by atoms with van der Waals surface area (Å²) in [6.45, 7) is -0.605. The molecule has 0 saturated carbocycles. The van der Waals surface area contributed by atoms with Crippen LogP contribution in [-0.2, 0) is 11.0 Å². The number of carbonyl (C=O) groups is 2. The minimum atomic E-state index is -4.41. The van der Waals surface area contributed by atoms with Gasteiger partial charge in [0, 0.05) is 17.1 Å². The van der Waals surface area contributed by atoms with Gasteiger partial charge >= 0.3 is 6.18 Å². The lowest BCUT2D eigenvalue weighted by molar-refractivity contribution is -0.137. The minimum Gasteiger partial charge on any atom is -0.394 e. The van der Waals surface area contributed by atoms with E-state index in [-0.39, 0.29) is 5.56 Å². The van der Waals surface area contributed by atoms with Gasteiger partial charge < -0.3 is 15.7 Å². The molecule has 2 amide bonds. The van der Waals surface area contributed by atoms with E-state index in [4.69, 9.17) is 0 Å². The molecule has 3 aromatic rings. The van der Waals surface area contributed by atoms with Crippen LogP contribution in [0.5, 0.6) is 0 Å². The van der Waals surface area contributed by atoms with Crippen molar-refractivity contribution in [3.05, 3.63) is 71.2 Å². The molecule has 0 spiro atoms. The van der Waals surface area contributed by atoms with Crippen LogP contribution >= 0.6 is 11.3 Å². The lowest BCUT2D eigenvalue weighted by Crippen LogP contribution is -2.46. The molecule has 0 aliphatic heterocycles. The Labute approximate surface area is 173 Å². The van der Waals surface area contributed by atoms with Crippen molar-refractivity contribution in [1.82, 2.24) is 10.3 Å². The molecule has 3 N–H and O–H groups in total. The number of halogens is 3. The van der Waals surface area contributed by atoms with Crippen molar-refractivity contribution in [2.45, 2.75) is 12.2 Å². The number of carbonyl (C=O) groups excluding carboxylic acids is 2. The molecule has 0 bridgehead atoms. The fourth-order valence-electron chi connectivity index (χ4n) is 2.58. The number of alkyl halides is 3. The molecule has 0 radical (unpaired) electrons. The second-order valence-corrected chi connectivity index (χ2v) is 7.08. The van der Waals surface area contributed by atoms with Crippen LogP contribution in [0.2, 0.25) is 0 Å². The zero-order chi connectivity index (χ0) is 21.7. The van der Waals surface area contributed by atoms with Crippen LogP contribution in [0.25, 0.3) is 11.1 Å². The fourth-order valence-corrected chi connectivity index (χ4v) is 3.11. The first-order valence-electron chi connectivity index (χ1n) is 8.67. The Morgan fingerprint density at radius 3 is 2.13 bits per heavy atom. The monoisotopic (exact) mass is 435 g/mol. The number of rotatable bonds is 6. The minimum absolute atomic E-state index is 0.228. The molecule has 0 aliphatic rings. The molecule has 0 fully saturated rings. The van der Waals surface area contributed by atoms with Crippen molar-refractivity contribution in [2.24, 2.45) is 0 Å². The summed E-state index contributed by atoms with van der Waals surface area (Å²) in [5.41, 5.74) is 0.672. The summed E-state index contributed by atoms with van der Waals surface area (Å²) in [5.74, 6) is -1.19. The number of nitrogens with zero attached hydrogens (tertiary/aromatic N) is 1. The number of aliphatic hydroxyl groups is 1. The second kappa shape index (κ2) is 9.06. The predicted molar refractivity (Wildman–Crippen MR) is 106 cm³/mol. The van der Waals surface area contributed by atoms with Gasteiger partial charge in [0.05, 0.1) is 12.2 Å². The topological polar surface area (TPSA) is 91.3 Å². The summed E-state index contributed by atoms with van der Waals surface area (Å²) in [4.78, 5) is 28.4. The number of amides is 2. The van der Waals surface area contributed by atoms with E-state index in [0.29, 0.717) is 16.3 Å². The van der Waals surface area contributed by atoms with Crippen molar-refractivity contribution in [1.29, 1.82) is 0 Å². The number of hydrogen-bond donors (Lipinski definition) is 3. The van der Waals surface area contributed by atoms with Gasteiger partial charge in [-0.1, -0.05) is 24.3 Å². The van der Waals surface area contributed by atoms with E-state index in [1.807, 2.05) is 0 Å². The molecule has 0 saturated heterocycles. The molecular formula is C20H16F3N3O3S. The highest BCUT2D eigenvalue weighted by Crippen LogP contribution is 2.31. The number of aliphatic hydroxyl groups excluding tert-OH is 1. The summed E-state index contributed by atoms with van der Waals surface area (Å²) in [6.07, 6.45) is -2.90. The molecule has 6 nitrogen and oxygen atoms in total. The first kappa shape index (κ1) is 21.5. The highest BCUT2D eigenvalue weighted by molar-refractivity contribution is 7.13. The SMILES string of the molecule is O=C(N[C@@H](CO)C(=O)Nc1nccs1)c1ccc(-c2ccc(C(F)(F)F)cc2)cc1. The molecule has 156 valence electrons. The predicted octanol–water partition coefficient (Wildman–Crippen LogP) is 3.56. The van der Waals surface area contributed by atoms with Crippen molar-refractivity contribution >= 4 is 28.3 Å². The molecule has 0 aliphatic carbocycles. The van der Waals surface area contributed by atoms with Crippen LogP contribution in [-0.4, -0.2) is 34.6 Å². The zero-order valence-corrected chi connectivity index (χ0v) is 16.1. The smallest absolute Gasteiger partial charge is 0.394 e. The van der Waals surface area contributed by atoms with Crippen LogP contribution in [0.3, 0.4) is 0 Å². The van der Waals surface area contributed by atoms with Crippen LogP contribution < -0.4 is 10.6 Å². The molecule has 1 heterocycles. The van der Waals surface area contributed by atoms with Crippen LogP contribution in [0, 0.1) is 0 Å². The number of benzene rings is 2. The average Bonchev–Trinajstić information content (AvgIpc) is 3.24. The molecule has 10 heteroatoms. The molecule has 0 unspecified atom stereocenters. The number of aromatic nitrogens is 1. The van der Waals surface area contributed by atoms with Gasteiger partial charge in [-0.05, 0) is 35.4 Å². The Hall–Kier alpha value is -3.24. The van der Waals surface area contributed by atoms with E-state index in [1.54, 1.807) is 17.5 Å². The Kier molecular flexibility index (Phi) is 6.48. The van der Waals surface area contributed by atoms with Crippen LogP contribution in [0.1, 0.15) is 15.9 Å². The molecule has 30 heavy (non-hydrogen) atoms. The van der Waals surface area contributed by atoms with Gasteiger partial charge in [0.1, 0.15) is 6.04 Å². The maximum absolute atomic E-state index is 12.7. The van der Waals surface area contributed by atoms with Gasteiger partial charge in [0.2, 0.25) is 0 Å². The van der Waals surface area contributed by atoms with Crippen molar-refractivity contribution in [3.63, 3.8) is 0 Å². The maximum Gasteiger partial charge on any atom is 0.416 e. The first-order chi connectivity index (χ1) is 14.3. The van der Waals surface area contributed by atoms with Gasteiger partial charge in [-0.2, -0.15) is 13.2 Å². The van der Waals surface area contributed by atoms with E-state index < -0.39 is 36.2 Å². The van der Waals surface area contributed by atoms with Gasteiger partial charge in [-0.15, -0.1) is 11.3 Å². The lowest BCUT2D eigenvalue weighted by Gasteiger charge is -2.15. The van der Waals surface area contributed by atoms with Crippen molar-refractivity contribution < 1.29 is 27.9 Å². The molecule has 3 rings (SSSR count). The number of nitrogens with one attached hydrogen (secondary N) is 2. The van der Waals surface area contributed by atoms with E-state index in [2.05, 4.69) is 15.6 Å². The quantitative estimate of drug-likeness (QED) is 0.552. The van der Waals surface area contributed by atoms with E-state index in [1.165, 1.54) is 41.8 Å². The number of hydrogen-bond acceptors (Lipinski definition) is 5. The Morgan fingerprint density at radius 2 is 1.63 bits per heavy atom. The highest BCUT2D eigenvalue weighted by Gasteiger charge is 2.30. The summed E-state index contributed by atoms with van der Waals surface area (Å²) in [7, 11) is 0. The maximum atomic E-state index is 12.7. The average molecular weight is 435 g/mol. The third-order valence-electron chi connectivity index (χ3n) is 4.16. The van der Waals surface area contributed by atoms with Gasteiger partial charge in [0.25, 0.3) is 11.8 Å². The molecule has 1 atom stereocenters. The third-order valence-corrected chi connectivity index (χ3v) is 4.85. The van der Waals surface area contributed by atoms with E-state index in [9.17, 15) is 27.9 Å². The number of anilines is 1. The first-order valence-corrected chi connectivity index (χ1v) is 9.55. The largest absolute Gasteiger partial charge is 0.416 e. The van der Waals surface area contributed by atoms with Gasteiger partial charge in [-0.3, -0.25) is 9.59 Å². The fraction of sp³-hybridized carbons (Fsp3) is 0.150. The summed E-state index contributed by atoms with van der Waals surface area (Å²) in [6, 6.07) is 9.64. The molecule has 1 aromatic heterocycles. The molecular weight excluding hydrogens is 419 g/mol.